The summed E-state index contributed by atoms with van der Waals surface area (Å²) < 4.78 is 5.78. The Bertz CT molecular complexity index is 583. The summed E-state index contributed by atoms with van der Waals surface area (Å²) in [6.07, 6.45) is 5.91. The molecule has 0 amide bonds. The Labute approximate surface area is 119 Å². The van der Waals surface area contributed by atoms with Crippen LogP contribution in [0.4, 0.5) is 0 Å². The Balaban J connectivity index is 1.73. The van der Waals surface area contributed by atoms with Crippen LogP contribution < -0.4 is 4.74 Å². The molecule has 0 saturated heterocycles. The number of rotatable bonds is 5. The van der Waals surface area contributed by atoms with Gasteiger partial charge in [-0.05, 0) is 42.0 Å². The van der Waals surface area contributed by atoms with E-state index in [1.54, 1.807) is 6.07 Å². The van der Waals surface area contributed by atoms with Crippen molar-refractivity contribution < 1.29 is 9.53 Å². The molecule has 0 bridgehead atoms. The van der Waals surface area contributed by atoms with Crippen molar-refractivity contribution in [1.29, 1.82) is 0 Å². The molecule has 0 aliphatic heterocycles. The zero-order valence-electron chi connectivity index (χ0n) is 11.3. The molecule has 1 aliphatic rings. The summed E-state index contributed by atoms with van der Waals surface area (Å²) in [6, 6.07) is 15.4. The largest absolute Gasteiger partial charge is 0.493 e. The van der Waals surface area contributed by atoms with Crippen LogP contribution in [-0.2, 0) is 4.79 Å². The van der Waals surface area contributed by atoms with E-state index in [0.29, 0.717) is 5.56 Å². The van der Waals surface area contributed by atoms with E-state index >= 15 is 0 Å². The summed E-state index contributed by atoms with van der Waals surface area (Å²) in [5, 5.41) is 0. The molecule has 101 valence electrons. The van der Waals surface area contributed by atoms with Crippen molar-refractivity contribution >= 4 is 6.29 Å². The van der Waals surface area contributed by atoms with Gasteiger partial charge in [-0.3, -0.25) is 4.79 Å². The van der Waals surface area contributed by atoms with Gasteiger partial charge in [-0.15, -0.1) is 0 Å². The molecule has 1 saturated carbocycles. The zero-order chi connectivity index (χ0) is 13.8. The van der Waals surface area contributed by atoms with Crippen LogP contribution in [0.15, 0.2) is 48.5 Å². The first-order valence-corrected chi connectivity index (χ1v) is 7.07. The molecule has 20 heavy (non-hydrogen) atoms. The van der Waals surface area contributed by atoms with Gasteiger partial charge in [-0.25, -0.2) is 0 Å². The minimum absolute atomic E-state index is 0.593. The predicted octanol–water partition coefficient (Wildman–Crippen LogP) is 3.99. The Hall–Kier alpha value is -2.09. The van der Waals surface area contributed by atoms with Gasteiger partial charge in [0, 0.05) is 5.56 Å². The topological polar surface area (TPSA) is 26.3 Å². The number of benzene rings is 2. The maximum atomic E-state index is 10.9. The lowest BCUT2D eigenvalue weighted by Crippen LogP contribution is -2.19. The number of hydrogen-bond acceptors (Lipinski definition) is 2. The molecule has 2 aromatic rings. The molecule has 0 N–H and O–H groups in total. The van der Waals surface area contributed by atoms with E-state index in [4.69, 9.17) is 4.74 Å². The monoisotopic (exact) mass is 265 g/mol. The number of carbonyl (C=O) groups excluding carboxylic acids is 1. The van der Waals surface area contributed by atoms with E-state index in [2.05, 4.69) is 0 Å². The second-order valence-electron chi connectivity index (χ2n) is 5.28. The first kappa shape index (κ1) is 12.9. The zero-order valence-corrected chi connectivity index (χ0v) is 11.3. The molecule has 0 atom stereocenters. The molecular formula is C18H17O2. The summed E-state index contributed by atoms with van der Waals surface area (Å²) in [7, 11) is 0. The Kier molecular flexibility index (Phi) is 3.82. The van der Waals surface area contributed by atoms with Crippen molar-refractivity contribution in [3.05, 3.63) is 54.1 Å². The molecule has 0 aromatic heterocycles. The summed E-state index contributed by atoms with van der Waals surface area (Å²) in [6.45, 7) is 0.818. The van der Waals surface area contributed by atoms with Crippen LogP contribution in [0, 0.1) is 5.92 Å². The summed E-state index contributed by atoms with van der Waals surface area (Å²) in [5.74, 6) is 1.63. The maximum Gasteiger partial charge on any atom is 0.234 e. The van der Waals surface area contributed by atoms with Crippen LogP contribution in [0.25, 0.3) is 11.1 Å². The fourth-order valence-corrected chi connectivity index (χ4v) is 2.43. The van der Waals surface area contributed by atoms with Crippen LogP contribution in [0.5, 0.6) is 5.75 Å². The van der Waals surface area contributed by atoms with Crippen molar-refractivity contribution in [3.8, 4) is 16.9 Å². The highest BCUT2D eigenvalue weighted by Gasteiger charge is 2.17. The van der Waals surface area contributed by atoms with E-state index in [9.17, 15) is 4.79 Å². The fraction of sp³-hybridized carbons (Fsp3) is 0.278. The van der Waals surface area contributed by atoms with Gasteiger partial charge in [0.1, 0.15) is 5.75 Å². The Morgan fingerprint density at radius 1 is 1.05 bits per heavy atom. The second-order valence-corrected chi connectivity index (χ2v) is 5.28. The van der Waals surface area contributed by atoms with Gasteiger partial charge < -0.3 is 4.74 Å². The molecule has 0 heterocycles. The van der Waals surface area contributed by atoms with Gasteiger partial charge in [0.2, 0.25) is 6.29 Å². The molecule has 1 radical (unpaired) electrons. The van der Waals surface area contributed by atoms with Crippen LogP contribution in [0.1, 0.15) is 24.8 Å². The van der Waals surface area contributed by atoms with Crippen molar-refractivity contribution in [2.45, 2.75) is 19.3 Å². The first-order valence-electron chi connectivity index (χ1n) is 7.07. The number of hydrogen-bond donors (Lipinski definition) is 0. The molecule has 1 fully saturated rings. The van der Waals surface area contributed by atoms with Gasteiger partial charge in [-0.2, -0.15) is 0 Å². The third-order valence-corrected chi connectivity index (χ3v) is 3.91. The van der Waals surface area contributed by atoms with Gasteiger partial charge >= 0.3 is 0 Å². The lowest BCUT2D eigenvalue weighted by molar-refractivity contribution is 0.180. The lowest BCUT2D eigenvalue weighted by atomic mass is 9.86. The average Bonchev–Trinajstić information content (AvgIpc) is 2.46. The number of ether oxygens (including phenoxy) is 1. The predicted molar refractivity (Wildman–Crippen MR) is 79.5 cm³/mol. The van der Waals surface area contributed by atoms with Gasteiger partial charge in [0.25, 0.3) is 0 Å². The van der Waals surface area contributed by atoms with Crippen molar-refractivity contribution in [2.24, 2.45) is 5.92 Å². The second kappa shape index (κ2) is 5.91. The maximum absolute atomic E-state index is 10.9. The standard InChI is InChI=1S/C18H17O2/c19-12-16-6-1-2-7-18(16)15-8-10-17(11-9-15)20-13-14-4-3-5-14/h1-2,6-11,14H,3-5,13H2. The van der Waals surface area contributed by atoms with Gasteiger partial charge in [0.15, 0.2) is 0 Å². The highest BCUT2D eigenvalue weighted by Crippen LogP contribution is 2.28. The average molecular weight is 265 g/mol. The van der Waals surface area contributed by atoms with Crippen molar-refractivity contribution in [3.63, 3.8) is 0 Å². The molecule has 3 rings (SSSR count). The highest BCUT2D eigenvalue weighted by atomic mass is 16.5. The molecule has 0 unspecified atom stereocenters. The van der Waals surface area contributed by atoms with Gasteiger partial charge in [-0.1, -0.05) is 42.8 Å². The summed E-state index contributed by atoms with van der Waals surface area (Å²) in [4.78, 5) is 10.9. The molecular weight excluding hydrogens is 248 g/mol. The third-order valence-electron chi connectivity index (χ3n) is 3.91. The van der Waals surface area contributed by atoms with Crippen LogP contribution in [0.3, 0.4) is 0 Å². The van der Waals surface area contributed by atoms with E-state index in [1.807, 2.05) is 48.8 Å². The quantitative estimate of drug-likeness (QED) is 0.817. The van der Waals surface area contributed by atoms with Crippen molar-refractivity contribution in [2.75, 3.05) is 6.61 Å². The van der Waals surface area contributed by atoms with Gasteiger partial charge in [0.05, 0.1) is 6.61 Å². The molecule has 2 heteroatoms. The molecule has 2 aromatic carbocycles. The smallest absolute Gasteiger partial charge is 0.234 e. The van der Waals surface area contributed by atoms with E-state index in [1.165, 1.54) is 19.3 Å². The van der Waals surface area contributed by atoms with Crippen LogP contribution >= 0.6 is 0 Å². The third kappa shape index (κ3) is 2.74. The normalized spacial score (nSPS) is 14.6. The Morgan fingerprint density at radius 2 is 1.80 bits per heavy atom. The fourth-order valence-electron chi connectivity index (χ4n) is 2.43. The SMILES string of the molecule is O=[C]c1ccccc1-c1ccc(OCC2CCC2)cc1. The molecule has 1 aliphatic carbocycles. The lowest BCUT2D eigenvalue weighted by Gasteiger charge is -2.25. The van der Waals surface area contributed by atoms with E-state index in [-0.39, 0.29) is 0 Å². The molecule has 2 nitrogen and oxygen atoms in total. The van der Waals surface area contributed by atoms with E-state index in [0.717, 1.165) is 29.4 Å². The summed E-state index contributed by atoms with van der Waals surface area (Å²) in [5.41, 5.74) is 2.52. The highest BCUT2D eigenvalue weighted by molar-refractivity contribution is 5.87. The van der Waals surface area contributed by atoms with Crippen LogP contribution in [-0.4, -0.2) is 12.9 Å². The van der Waals surface area contributed by atoms with Crippen molar-refractivity contribution in [1.82, 2.24) is 0 Å². The summed E-state index contributed by atoms with van der Waals surface area (Å²) >= 11 is 0. The minimum Gasteiger partial charge on any atom is -0.493 e. The molecule has 0 spiro atoms. The Morgan fingerprint density at radius 3 is 2.45 bits per heavy atom. The minimum atomic E-state index is 0.593. The van der Waals surface area contributed by atoms with E-state index < -0.39 is 0 Å². The van der Waals surface area contributed by atoms with Crippen LogP contribution in [0.2, 0.25) is 0 Å². The first-order chi connectivity index (χ1) is 9.86.